The number of amides is 1. The van der Waals surface area contributed by atoms with E-state index in [9.17, 15) is 18.0 Å². The van der Waals surface area contributed by atoms with Crippen molar-refractivity contribution in [2.24, 2.45) is 0 Å². The molecule has 0 aromatic heterocycles. The van der Waals surface area contributed by atoms with Gasteiger partial charge >= 0.3 is 6.18 Å². The molecule has 1 saturated heterocycles. The van der Waals surface area contributed by atoms with Gasteiger partial charge in [0.05, 0.1) is 12.7 Å². The lowest BCUT2D eigenvalue weighted by Crippen LogP contribution is -2.37. The van der Waals surface area contributed by atoms with Crippen molar-refractivity contribution in [2.75, 3.05) is 19.9 Å². The molecule has 122 valence electrons. The highest BCUT2D eigenvalue weighted by Gasteiger charge is 2.26. The zero-order valence-electron chi connectivity index (χ0n) is 12.0. The van der Waals surface area contributed by atoms with Crippen LogP contribution in [0.4, 0.5) is 13.2 Å². The molecule has 4 nitrogen and oxygen atoms in total. The minimum absolute atomic E-state index is 0.0660. The summed E-state index contributed by atoms with van der Waals surface area (Å²) in [4.78, 5) is 11.9. The first-order valence-corrected chi connectivity index (χ1v) is 7.07. The Kier molecular flexibility index (Phi) is 5.79. The van der Waals surface area contributed by atoms with Gasteiger partial charge in [0.2, 0.25) is 0 Å². The predicted octanol–water partition coefficient (Wildman–Crippen LogP) is 2.67. The van der Waals surface area contributed by atoms with Gasteiger partial charge < -0.3 is 14.8 Å². The molecule has 0 aliphatic carbocycles. The van der Waals surface area contributed by atoms with E-state index >= 15 is 0 Å². The number of hydrogen-bond acceptors (Lipinski definition) is 3. The first-order chi connectivity index (χ1) is 10.4. The summed E-state index contributed by atoms with van der Waals surface area (Å²) in [7, 11) is 0. The molecule has 0 radical (unpaired) electrons. The molecule has 1 aliphatic rings. The van der Waals surface area contributed by atoms with Crippen molar-refractivity contribution in [1.82, 2.24) is 5.32 Å². The first-order valence-electron chi connectivity index (χ1n) is 7.07. The minimum atomic E-state index is -4.17. The van der Waals surface area contributed by atoms with Crippen LogP contribution in [-0.4, -0.2) is 38.1 Å². The summed E-state index contributed by atoms with van der Waals surface area (Å²) in [5, 5.41) is 2.74. The van der Waals surface area contributed by atoms with Crippen molar-refractivity contribution in [1.29, 1.82) is 0 Å². The van der Waals surface area contributed by atoms with Gasteiger partial charge in [0.15, 0.2) is 0 Å². The Morgan fingerprint density at radius 2 is 2.00 bits per heavy atom. The predicted molar refractivity (Wildman–Crippen MR) is 73.5 cm³/mol. The van der Waals surface area contributed by atoms with Gasteiger partial charge in [-0.15, -0.1) is 0 Å². The SMILES string of the molecule is O=C(NC[C@@H]1CCOCO1)c1ccc(CCC(F)(F)F)cc1. The number of carbonyl (C=O) groups excluding carboxylic acids is 1. The fourth-order valence-electron chi connectivity index (χ4n) is 2.08. The monoisotopic (exact) mass is 317 g/mol. The quantitative estimate of drug-likeness (QED) is 0.908. The van der Waals surface area contributed by atoms with Crippen LogP contribution in [-0.2, 0) is 15.9 Å². The lowest BCUT2D eigenvalue weighted by Gasteiger charge is -2.22. The van der Waals surface area contributed by atoms with Crippen molar-refractivity contribution >= 4 is 5.91 Å². The smallest absolute Gasteiger partial charge is 0.355 e. The van der Waals surface area contributed by atoms with E-state index in [0.717, 1.165) is 6.42 Å². The molecule has 2 rings (SSSR count). The van der Waals surface area contributed by atoms with E-state index < -0.39 is 12.6 Å². The molecule has 0 spiro atoms. The molecule has 1 atom stereocenters. The van der Waals surface area contributed by atoms with E-state index in [0.29, 0.717) is 24.3 Å². The Morgan fingerprint density at radius 1 is 1.27 bits per heavy atom. The van der Waals surface area contributed by atoms with E-state index in [1.807, 2.05) is 0 Å². The maximum atomic E-state index is 12.1. The van der Waals surface area contributed by atoms with Gasteiger partial charge in [-0.3, -0.25) is 4.79 Å². The van der Waals surface area contributed by atoms with E-state index in [1.54, 1.807) is 12.1 Å². The molecule has 1 aromatic carbocycles. The lowest BCUT2D eigenvalue weighted by atomic mass is 10.1. The van der Waals surface area contributed by atoms with E-state index in [2.05, 4.69) is 5.32 Å². The highest BCUT2D eigenvalue weighted by molar-refractivity contribution is 5.94. The number of hydrogen-bond donors (Lipinski definition) is 1. The number of alkyl halides is 3. The normalized spacial score (nSPS) is 19.0. The third-order valence-corrected chi connectivity index (χ3v) is 3.37. The number of ether oxygens (including phenoxy) is 2. The van der Waals surface area contributed by atoms with Crippen molar-refractivity contribution in [3.63, 3.8) is 0 Å². The third kappa shape index (κ3) is 5.65. The molecular formula is C15H18F3NO3. The van der Waals surface area contributed by atoms with Gasteiger partial charge in [-0.25, -0.2) is 0 Å². The van der Waals surface area contributed by atoms with E-state index in [4.69, 9.17) is 9.47 Å². The Hall–Kier alpha value is -1.60. The number of aryl methyl sites for hydroxylation is 1. The topological polar surface area (TPSA) is 47.6 Å². The van der Waals surface area contributed by atoms with Gasteiger partial charge in [0.25, 0.3) is 5.91 Å². The highest BCUT2D eigenvalue weighted by Crippen LogP contribution is 2.22. The molecular weight excluding hydrogens is 299 g/mol. The van der Waals surface area contributed by atoms with Crippen LogP contribution in [0.1, 0.15) is 28.8 Å². The Morgan fingerprint density at radius 3 is 2.59 bits per heavy atom. The maximum Gasteiger partial charge on any atom is 0.389 e. The number of carbonyl (C=O) groups is 1. The lowest BCUT2D eigenvalue weighted by molar-refractivity contribution is -0.136. The van der Waals surface area contributed by atoms with Crippen LogP contribution < -0.4 is 5.32 Å². The summed E-state index contributed by atoms with van der Waals surface area (Å²) >= 11 is 0. The van der Waals surface area contributed by atoms with Crippen LogP contribution >= 0.6 is 0 Å². The molecule has 0 saturated carbocycles. The van der Waals surface area contributed by atoms with Crippen LogP contribution in [0.15, 0.2) is 24.3 Å². The number of benzene rings is 1. The molecule has 1 amide bonds. The van der Waals surface area contributed by atoms with Crippen LogP contribution in [0.25, 0.3) is 0 Å². The Balaban J connectivity index is 1.80. The van der Waals surface area contributed by atoms with Gasteiger partial charge in [-0.2, -0.15) is 13.2 Å². The van der Waals surface area contributed by atoms with E-state index in [-0.39, 0.29) is 25.2 Å². The maximum absolute atomic E-state index is 12.1. The van der Waals surface area contributed by atoms with Crippen molar-refractivity contribution < 1.29 is 27.4 Å². The van der Waals surface area contributed by atoms with Crippen molar-refractivity contribution in [3.8, 4) is 0 Å². The second-order valence-electron chi connectivity index (χ2n) is 5.13. The summed E-state index contributed by atoms with van der Waals surface area (Å²) in [5.74, 6) is -0.266. The van der Waals surface area contributed by atoms with Crippen LogP contribution in [0.3, 0.4) is 0 Å². The summed E-state index contributed by atoms with van der Waals surface area (Å²) in [6, 6.07) is 6.16. The zero-order valence-corrected chi connectivity index (χ0v) is 12.0. The fraction of sp³-hybridized carbons (Fsp3) is 0.533. The first kappa shape index (κ1) is 16.8. The number of rotatable bonds is 5. The molecule has 0 unspecified atom stereocenters. The van der Waals surface area contributed by atoms with Gasteiger partial charge in [0, 0.05) is 18.5 Å². The molecule has 1 N–H and O–H groups in total. The summed E-state index contributed by atoms with van der Waals surface area (Å²) in [5.41, 5.74) is 0.976. The van der Waals surface area contributed by atoms with Gasteiger partial charge in [0.1, 0.15) is 6.79 Å². The largest absolute Gasteiger partial charge is 0.389 e. The van der Waals surface area contributed by atoms with E-state index in [1.165, 1.54) is 12.1 Å². The standard InChI is InChI=1S/C15H18F3NO3/c16-15(17,18)7-5-11-1-3-12(4-2-11)14(20)19-9-13-6-8-21-10-22-13/h1-4,13H,5-10H2,(H,19,20)/t13-/m0/s1. The highest BCUT2D eigenvalue weighted by atomic mass is 19.4. The Labute approximate surface area is 126 Å². The molecule has 1 aromatic rings. The van der Waals surface area contributed by atoms with Crippen LogP contribution in [0.5, 0.6) is 0 Å². The molecule has 0 bridgehead atoms. The van der Waals surface area contributed by atoms with Crippen molar-refractivity contribution in [3.05, 3.63) is 35.4 Å². The molecule has 1 aliphatic heterocycles. The molecule has 1 heterocycles. The second kappa shape index (κ2) is 7.60. The number of nitrogens with one attached hydrogen (secondary N) is 1. The third-order valence-electron chi connectivity index (χ3n) is 3.37. The molecule has 22 heavy (non-hydrogen) atoms. The molecule has 1 fully saturated rings. The average Bonchev–Trinajstić information content (AvgIpc) is 2.51. The van der Waals surface area contributed by atoms with Gasteiger partial charge in [-0.05, 0) is 30.5 Å². The minimum Gasteiger partial charge on any atom is -0.355 e. The average molecular weight is 317 g/mol. The Bertz CT molecular complexity index is 482. The zero-order chi connectivity index (χ0) is 16.0. The van der Waals surface area contributed by atoms with Crippen LogP contribution in [0.2, 0.25) is 0 Å². The van der Waals surface area contributed by atoms with Crippen molar-refractivity contribution in [2.45, 2.75) is 31.5 Å². The second-order valence-corrected chi connectivity index (χ2v) is 5.13. The van der Waals surface area contributed by atoms with Crippen LogP contribution in [0, 0.1) is 0 Å². The molecule has 7 heteroatoms. The summed E-state index contributed by atoms with van der Waals surface area (Å²) in [6.07, 6.45) is -4.46. The summed E-state index contributed by atoms with van der Waals surface area (Å²) < 4.78 is 46.8. The van der Waals surface area contributed by atoms with Gasteiger partial charge in [-0.1, -0.05) is 12.1 Å². The number of halogens is 3. The fourth-order valence-corrected chi connectivity index (χ4v) is 2.08. The summed E-state index contributed by atoms with van der Waals surface area (Å²) in [6.45, 7) is 1.22.